The number of hydrogen-bond acceptors (Lipinski definition) is 1. The summed E-state index contributed by atoms with van der Waals surface area (Å²) in [6.45, 7) is 8.69. The standard InChI is InChI=1S/C20H26N2S/c1-14(2)13-17-9-11-18(12-10-17)16(4)21-20(23)22-19-8-6-5-7-15(19)3/h5-12,14,16H,13H2,1-4H3,(H2,21,22,23)/t16-/m1/s1. The largest absolute Gasteiger partial charge is 0.356 e. The van der Waals surface area contributed by atoms with E-state index in [0.29, 0.717) is 11.0 Å². The number of hydrogen-bond donors (Lipinski definition) is 2. The molecule has 0 saturated heterocycles. The Morgan fingerprint density at radius 1 is 1.00 bits per heavy atom. The molecule has 0 bridgehead atoms. The molecule has 122 valence electrons. The van der Waals surface area contributed by atoms with Gasteiger partial charge in [0.1, 0.15) is 0 Å². The quantitative estimate of drug-likeness (QED) is 0.735. The fraction of sp³-hybridized carbons (Fsp3) is 0.350. The van der Waals surface area contributed by atoms with Crippen molar-refractivity contribution in [3.8, 4) is 0 Å². The zero-order chi connectivity index (χ0) is 16.8. The number of benzene rings is 2. The molecule has 0 spiro atoms. The van der Waals surface area contributed by atoms with Crippen LogP contribution in [0.1, 0.15) is 43.5 Å². The van der Waals surface area contributed by atoms with E-state index in [2.05, 4.69) is 68.7 Å². The van der Waals surface area contributed by atoms with Gasteiger partial charge in [0.05, 0.1) is 6.04 Å². The summed E-state index contributed by atoms with van der Waals surface area (Å²) >= 11 is 5.43. The Morgan fingerprint density at radius 3 is 2.26 bits per heavy atom. The normalized spacial score (nSPS) is 12.0. The zero-order valence-electron chi connectivity index (χ0n) is 14.4. The first kappa shape index (κ1) is 17.5. The van der Waals surface area contributed by atoms with Gasteiger partial charge in [0.2, 0.25) is 0 Å². The van der Waals surface area contributed by atoms with Crippen molar-refractivity contribution < 1.29 is 0 Å². The molecular weight excluding hydrogens is 300 g/mol. The van der Waals surface area contributed by atoms with E-state index < -0.39 is 0 Å². The van der Waals surface area contributed by atoms with Gasteiger partial charge in [-0.25, -0.2) is 0 Å². The monoisotopic (exact) mass is 326 g/mol. The highest BCUT2D eigenvalue weighted by Crippen LogP contribution is 2.17. The molecule has 0 aromatic heterocycles. The van der Waals surface area contributed by atoms with Crippen molar-refractivity contribution in [1.82, 2.24) is 5.32 Å². The minimum Gasteiger partial charge on any atom is -0.356 e. The first-order chi connectivity index (χ1) is 11.0. The molecule has 2 aromatic rings. The lowest BCUT2D eigenvalue weighted by molar-refractivity contribution is 0.646. The Balaban J connectivity index is 1.94. The van der Waals surface area contributed by atoms with Gasteiger partial charge < -0.3 is 10.6 Å². The van der Waals surface area contributed by atoms with Crippen LogP contribution >= 0.6 is 12.2 Å². The van der Waals surface area contributed by atoms with E-state index in [1.165, 1.54) is 16.7 Å². The Bertz CT molecular complexity index is 647. The van der Waals surface area contributed by atoms with Crippen LogP contribution in [0.5, 0.6) is 0 Å². The van der Waals surface area contributed by atoms with E-state index in [4.69, 9.17) is 12.2 Å². The Kier molecular flexibility index (Phi) is 6.17. The number of rotatable bonds is 5. The maximum atomic E-state index is 5.43. The van der Waals surface area contributed by atoms with Crippen molar-refractivity contribution in [2.24, 2.45) is 5.92 Å². The Hall–Kier alpha value is -1.87. The summed E-state index contributed by atoms with van der Waals surface area (Å²) in [6, 6.07) is 17.1. The first-order valence-electron chi connectivity index (χ1n) is 8.17. The molecule has 0 unspecified atom stereocenters. The molecule has 2 rings (SSSR count). The van der Waals surface area contributed by atoms with Crippen molar-refractivity contribution in [2.45, 2.75) is 40.2 Å². The molecule has 2 nitrogen and oxygen atoms in total. The number of aryl methyl sites for hydroxylation is 1. The molecule has 0 fully saturated rings. The van der Waals surface area contributed by atoms with E-state index in [0.717, 1.165) is 12.1 Å². The lowest BCUT2D eigenvalue weighted by Gasteiger charge is -2.18. The predicted octanol–water partition coefficient (Wildman–Crippen LogP) is 5.24. The van der Waals surface area contributed by atoms with Crippen LogP contribution in [0.3, 0.4) is 0 Å². The summed E-state index contributed by atoms with van der Waals surface area (Å²) in [4.78, 5) is 0. The van der Waals surface area contributed by atoms with E-state index >= 15 is 0 Å². The average molecular weight is 327 g/mol. The molecule has 0 aliphatic carbocycles. The van der Waals surface area contributed by atoms with Crippen LogP contribution in [0.15, 0.2) is 48.5 Å². The van der Waals surface area contributed by atoms with Gasteiger partial charge in [-0.1, -0.05) is 56.3 Å². The minimum atomic E-state index is 0.173. The fourth-order valence-corrected chi connectivity index (χ4v) is 2.85. The molecule has 23 heavy (non-hydrogen) atoms. The molecule has 3 heteroatoms. The second kappa shape index (κ2) is 8.11. The van der Waals surface area contributed by atoms with Gasteiger partial charge >= 0.3 is 0 Å². The number of para-hydroxylation sites is 1. The summed E-state index contributed by atoms with van der Waals surface area (Å²) in [6.07, 6.45) is 1.12. The molecule has 0 radical (unpaired) electrons. The maximum Gasteiger partial charge on any atom is 0.171 e. The minimum absolute atomic E-state index is 0.173. The number of thiocarbonyl (C=S) groups is 1. The predicted molar refractivity (Wildman–Crippen MR) is 104 cm³/mol. The molecule has 0 amide bonds. The summed E-state index contributed by atoms with van der Waals surface area (Å²) in [5.74, 6) is 0.683. The van der Waals surface area contributed by atoms with Gasteiger partial charge in [0.15, 0.2) is 5.11 Å². The van der Waals surface area contributed by atoms with E-state index in [9.17, 15) is 0 Å². The van der Waals surface area contributed by atoms with Gasteiger partial charge in [-0.3, -0.25) is 0 Å². The van der Waals surface area contributed by atoms with Gasteiger partial charge in [0, 0.05) is 5.69 Å². The van der Waals surface area contributed by atoms with E-state index in [1.807, 2.05) is 18.2 Å². The number of anilines is 1. The molecule has 0 heterocycles. The van der Waals surface area contributed by atoms with Gasteiger partial charge in [-0.2, -0.15) is 0 Å². The lowest BCUT2D eigenvalue weighted by atomic mass is 10.00. The van der Waals surface area contributed by atoms with Crippen molar-refractivity contribution in [1.29, 1.82) is 0 Å². The summed E-state index contributed by atoms with van der Waals surface area (Å²) in [7, 11) is 0. The van der Waals surface area contributed by atoms with Crippen LogP contribution in [0.25, 0.3) is 0 Å². The number of nitrogens with one attached hydrogen (secondary N) is 2. The van der Waals surface area contributed by atoms with Crippen molar-refractivity contribution >= 4 is 23.0 Å². The second-order valence-electron chi connectivity index (χ2n) is 6.47. The molecule has 0 aliphatic rings. The maximum absolute atomic E-state index is 5.43. The molecular formula is C20H26N2S. The molecule has 1 atom stereocenters. The van der Waals surface area contributed by atoms with E-state index in [1.54, 1.807) is 0 Å². The Labute approximate surface area is 145 Å². The first-order valence-corrected chi connectivity index (χ1v) is 8.58. The summed E-state index contributed by atoms with van der Waals surface area (Å²) < 4.78 is 0. The van der Waals surface area contributed by atoms with Crippen LogP contribution in [0.2, 0.25) is 0 Å². The van der Waals surface area contributed by atoms with Crippen LogP contribution in [0, 0.1) is 12.8 Å². The Morgan fingerprint density at radius 2 is 1.65 bits per heavy atom. The van der Waals surface area contributed by atoms with Gasteiger partial charge in [-0.15, -0.1) is 0 Å². The van der Waals surface area contributed by atoms with E-state index in [-0.39, 0.29) is 6.04 Å². The molecule has 0 aliphatic heterocycles. The van der Waals surface area contributed by atoms with Gasteiger partial charge in [-0.05, 0) is 61.2 Å². The highest BCUT2D eigenvalue weighted by atomic mass is 32.1. The highest BCUT2D eigenvalue weighted by molar-refractivity contribution is 7.80. The fourth-order valence-electron chi connectivity index (χ4n) is 2.57. The van der Waals surface area contributed by atoms with Crippen LogP contribution in [0.4, 0.5) is 5.69 Å². The molecule has 2 aromatic carbocycles. The third-order valence-electron chi connectivity index (χ3n) is 3.86. The zero-order valence-corrected chi connectivity index (χ0v) is 15.2. The highest BCUT2D eigenvalue weighted by Gasteiger charge is 2.08. The van der Waals surface area contributed by atoms with Crippen LogP contribution in [-0.2, 0) is 6.42 Å². The topological polar surface area (TPSA) is 24.1 Å². The second-order valence-corrected chi connectivity index (χ2v) is 6.88. The van der Waals surface area contributed by atoms with Crippen molar-refractivity contribution in [3.05, 3.63) is 65.2 Å². The smallest absolute Gasteiger partial charge is 0.171 e. The van der Waals surface area contributed by atoms with Crippen molar-refractivity contribution in [2.75, 3.05) is 5.32 Å². The summed E-state index contributed by atoms with van der Waals surface area (Å²) in [5.41, 5.74) is 4.86. The third kappa shape index (κ3) is 5.36. The lowest BCUT2D eigenvalue weighted by Crippen LogP contribution is -2.31. The van der Waals surface area contributed by atoms with Gasteiger partial charge in [0.25, 0.3) is 0 Å². The molecule has 0 saturated carbocycles. The third-order valence-corrected chi connectivity index (χ3v) is 4.08. The SMILES string of the molecule is Cc1ccccc1NC(=S)N[C@H](C)c1ccc(CC(C)C)cc1. The average Bonchev–Trinajstić information content (AvgIpc) is 2.49. The van der Waals surface area contributed by atoms with Crippen LogP contribution < -0.4 is 10.6 Å². The van der Waals surface area contributed by atoms with Crippen molar-refractivity contribution in [3.63, 3.8) is 0 Å². The summed E-state index contributed by atoms with van der Waals surface area (Å²) in [5, 5.41) is 7.27. The van der Waals surface area contributed by atoms with Crippen LogP contribution in [-0.4, -0.2) is 5.11 Å². The molecule has 2 N–H and O–H groups in total.